The quantitative estimate of drug-likeness (QED) is 0.470. The van der Waals surface area contributed by atoms with Gasteiger partial charge in [-0.2, -0.15) is 0 Å². The third-order valence-electron chi connectivity index (χ3n) is 5.01. The van der Waals surface area contributed by atoms with Crippen LogP contribution >= 0.6 is 0 Å². The molecule has 0 fully saturated rings. The van der Waals surface area contributed by atoms with Gasteiger partial charge in [0.1, 0.15) is 23.4 Å². The van der Waals surface area contributed by atoms with Crippen molar-refractivity contribution in [1.82, 2.24) is 15.5 Å². The van der Waals surface area contributed by atoms with Gasteiger partial charge < -0.3 is 25.4 Å². The lowest BCUT2D eigenvalue weighted by atomic mass is 9.99. The Labute approximate surface area is 191 Å². The van der Waals surface area contributed by atoms with Gasteiger partial charge in [-0.1, -0.05) is 38.5 Å². The zero-order valence-electron chi connectivity index (χ0n) is 20.4. The van der Waals surface area contributed by atoms with Crippen LogP contribution in [0.15, 0.2) is 24.3 Å². The molecule has 0 bridgehead atoms. The predicted molar refractivity (Wildman–Crippen MR) is 124 cm³/mol. The van der Waals surface area contributed by atoms with E-state index in [9.17, 15) is 19.5 Å². The SMILES string of the molecule is CCCCNC(=O)C(c1ccccc1O)N(C(=O)C(C)NC(=O)OC(C)(C)C)C(C)CC. The molecule has 0 aliphatic rings. The first-order valence-electron chi connectivity index (χ1n) is 11.3. The highest BCUT2D eigenvalue weighted by Gasteiger charge is 2.38. The van der Waals surface area contributed by atoms with Crippen LogP contribution in [0.1, 0.15) is 79.3 Å². The minimum absolute atomic E-state index is 0.0722. The van der Waals surface area contributed by atoms with Crippen LogP contribution in [-0.4, -0.2) is 52.1 Å². The first kappa shape index (κ1) is 27.3. The maximum atomic E-state index is 13.5. The summed E-state index contributed by atoms with van der Waals surface area (Å²) in [5, 5.41) is 15.9. The summed E-state index contributed by atoms with van der Waals surface area (Å²) in [6.07, 6.45) is 1.57. The second-order valence-electron chi connectivity index (χ2n) is 8.98. The maximum absolute atomic E-state index is 13.5. The Morgan fingerprint density at radius 3 is 2.28 bits per heavy atom. The van der Waals surface area contributed by atoms with Crippen LogP contribution in [0.2, 0.25) is 0 Å². The molecule has 3 N–H and O–H groups in total. The van der Waals surface area contributed by atoms with E-state index in [1.807, 2.05) is 20.8 Å². The lowest BCUT2D eigenvalue weighted by Crippen LogP contribution is -2.54. The van der Waals surface area contributed by atoms with E-state index in [-0.39, 0.29) is 17.7 Å². The van der Waals surface area contributed by atoms with Crippen molar-refractivity contribution in [1.29, 1.82) is 0 Å². The van der Waals surface area contributed by atoms with Crippen molar-refractivity contribution >= 4 is 17.9 Å². The Bertz CT molecular complexity index is 775. The molecule has 180 valence electrons. The molecule has 1 rings (SSSR count). The van der Waals surface area contributed by atoms with Gasteiger partial charge in [0.05, 0.1) is 0 Å². The number of nitrogens with zero attached hydrogens (tertiary/aromatic N) is 1. The van der Waals surface area contributed by atoms with Gasteiger partial charge in [0.15, 0.2) is 0 Å². The van der Waals surface area contributed by atoms with Crippen molar-refractivity contribution < 1.29 is 24.2 Å². The van der Waals surface area contributed by atoms with Crippen LogP contribution in [0.4, 0.5) is 4.79 Å². The van der Waals surface area contributed by atoms with E-state index in [1.54, 1.807) is 45.9 Å². The summed E-state index contributed by atoms with van der Waals surface area (Å²) in [4.78, 5) is 40.4. The van der Waals surface area contributed by atoms with Gasteiger partial charge in [0.2, 0.25) is 11.8 Å². The van der Waals surface area contributed by atoms with Crippen LogP contribution in [0, 0.1) is 0 Å². The highest BCUT2D eigenvalue weighted by atomic mass is 16.6. The number of para-hydroxylation sites is 1. The fourth-order valence-electron chi connectivity index (χ4n) is 3.19. The van der Waals surface area contributed by atoms with Crippen LogP contribution < -0.4 is 10.6 Å². The summed E-state index contributed by atoms with van der Waals surface area (Å²) >= 11 is 0. The summed E-state index contributed by atoms with van der Waals surface area (Å²) < 4.78 is 5.26. The summed E-state index contributed by atoms with van der Waals surface area (Å²) in [5.41, 5.74) is -0.375. The van der Waals surface area contributed by atoms with Gasteiger partial charge in [-0.3, -0.25) is 9.59 Å². The Kier molecular flexibility index (Phi) is 10.5. The summed E-state index contributed by atoms with van der Waals surface area (Å²) in [6.45, 7) is 13.0. The topological polar surface area (TPSA) is 108 Å². The molecule has 0 aromatic heterocycles. The first-order chi connectivity index (χ1) is 14.9. The molecule has 1 aromatic carbocycles. The van der Waals surface area contributed by atoms with Crippen molar-refractivity contribution in [2.45, 2.75) is 91.5 Å². The molecule has 0 spiro atoms. The minimum Gasteiger partial charge on any atom is -0.508 e. The Balaban J connectivity index is 3.31. The molecule has 0 saturated heterocycles. The van der Waals surface area contributed by atoms with Gasteiger partial charge in [0.25, 0.3) is 0 Å². The standard InChI is InChI=1S/C24H39N3O5/c1-8-10-15-25-21(29)20(18-13-11-12-14-19(18)28)27(16(3)9-2)22(30)17(4)26-23(31)32-24(5,6)7/h11-14,16-17,20,28H,8-10,15H2,1-7H3,(H,25,29)(H,26,31). The van der Waals surface area contributed by atoms with Crippen LogP contribution in [0.3, 0.4) is 0 Å². The maximum Gasteiger partial charge on any atom is 0.408 e. The van der Waals surface area contributed by atoms with Gasteiger partial charge in [-0.05, 0) is 53.5 Å². The third kappa shape index (κ3) is 8.05. The number of hydrogen-bond donors (Lipinski definition) is 3. The van der Waals surface area contributed by atoms with Gasteiger partial charge in [-0.15, -0.1) is 0 Å². The molecule has 0 saturated carbocycles. The van der Waals surface area contributed by atoms with E-state index < -0.39 is 29.7 Å². The molecule has 8 nitrogen and oxygen atoms in total. The molecule has 3 atom stereocenters. The summed E-state index contributed by atoms with van der Waals surface area (Å²) in [5.74, 6) is -0.890. The Hall–Kier alpha value is -2.77. The monoisotopic (exact) mass is 449 g/mol. The molecule has 0 heterocycles. The normalized spacial score (nSPS) is 14.1. The zero-order valence-corrected chi connectivity index (χ0v) is 20.4. The summed E-state index contributed by atoms with van der Waals surface area (Å²) in [6, 6.07) is 4.19. The number of phenols is 1. The molecule has 8 heteroatoms. The van der Waals surface area contributed by atoms with E-state index in [4.69, 9.17) is 4.74 Å². The van der Waals surface area contributed by atoms with Gasteiger partial charge >= 0.3 is 6.09 Å². The number of ether oxygens (including phenoxy) is 1. The van der Waals surface area contributed by atoms with Crippen molar-refractivity contribution in [2.24, 2.45) is 0 Å². The minimum atomic E-state index is -1.04. The molecule has 0 aliphatic carbocycles. The average Bonchev–Trinajstić information content (AvgIpc) is 2.70. The largest absolute Gasteiger partial charge is 0.508 e. The van der Waals surface area contributed by atoms with Crippen molar-refractivity contribution in [3.63, 3.8) is 0 Å². The summed E-state index contributed by atoms with van der Waals surface area (Å²) in [7, 11) is 0. The lowest BCUT2D eigenvalue weighted by Gasteiger charge is -2.37. The second kappa shape index (κ2) is 12.3. The van der Waals surface area contributed by atoms with E-state index in [0.717, 1.165) is 12.8 Å². The zero-order chi connectivity index (χ0) is 24.5. The number of carbonyl (C=O) groups is 3. The number of phenolic OH excluding ortho intramolecular Hbond substituents is 1. The fourth-order valence-corrected chi connectivity index (χ4v) is 3.19. The number of aromatic hydroxyl groups is 1. The Morgan fingerprint density at radius 1 is 1.12 bits per heavy atom. The molecule has 0 aliphatic heterocycles. The van der Waals surface area contributed by atoms with Crippen LogP contribution in [-0.2, 0) is 14.3 Å². The first-order valence-corrected chi connectivity index (χ1v) is 11.3. The third-order valence-corrected chi connectivity index (χ3v) is 5.01. The molecule has 32 heavy (non-hydrogen) atoms. The van der Waals surface area contributed by atoms with Crippen LogP contribution in [0.25, 0.3) is 0 Å². The van der Waals surface area contributed by atoms with Crippen molar-refractivity contribution in [2.75, 3.05) is 6.54 Å². The van der Waals surface area contributed by atoms with E-state index in [0.29, 0.717) is 18.5 Å². The number of hydrogen-bond acceptors (Lipinski definition) is 5. The predicted octanol–water partition coefficient (Wildman–Crippen LogP) is 3.89. The molecule has 3 unspecified atom stereocenters. The average molecular weight is 450 g/mol. The van der Waals surface area contributed by atoms with E-state index in [1.165, 1.54) is 11.0 Å². The van der Waals surface area contributed by atoms with E-state index in [2.05, 4.69) is 10.6 Å². The molecular weight excluding hydrogens is 410 g/mol. The number of unbranched alkanes of at least 4 members (excludes halogenated alkanes) is 1. The molecule has 1 aromatic rings. The molecular formula is C24H39N3O5. The van der Waals surface area contributed by atoms with Crippen molar-refractivity contribution in [3.05, 3.63) is 29.8 Å². The highest BCUT2D eigenvalue weighted by Crippen LogP contribution is 2.31. The van der Waals surface area contributed by atoms with Crippen molar-refractivity contribution in [3.8, 4) is 5.75 Å². The number of alkyl carbamates (subject to hydrolysis) is 1. The number of amides is 3. The molecule has 3 amide bonds. The second-order valence-corrected chi connectivity index (χ2v) is 8.98. The lowest BCUT2D eigenvalue weighted by molar-refractivity contribution is -0.144. The van der Waals surface area contributed by atoms with Gasteiger partial charge in [-0.25, -0.2) is 4.79 Å². The number of carbonyl (C=O) groups excluding carboxylic acids is 3. The van der Waals surface area contributed by atoms with Gasteiger partial charge in [0, 0.05) is 18.2 Å². The number of rotatable bonds is 10. The molecule has 0 radical (unpaired) electrons. The van der Waals surface area contributed by atoms with Crippen LogP contribution in [0.5, 0.6) is 5.75 Å². The fraction of sp³-hybridized carbons (Fsp3) is 0.625. The highest BCUT2D eigenvalue weighted by molar-refractivity contribution is 5.92. The Morgan fingerprint density at radius 2 is 1.75 bits per heavy atom. The van der Waals surface area contributed by atoms with E-state index >= 15 is 0 Å². The smallest absolute Gasteiger partial charge is 0.408 e. The number of benzene rings is 1. The number of nitrogens with one attached hydrogen (secondary N) is 2.